The first-order chi connectivity index (χ1) is 6.24. The van der Waals surface area contributed by atoms with E-state index in [0.717, 1.165) is 13.1 Å². The Labute approximate surface area is 80.1 Å². The first kappa shape index (κ1) is 10.3. The van der Waals surface area contributed by atoms with Crippen molar-refractivity contribution in [2.24, 2.45) is 0 Å². The maximum Gasteiger partial charge on any atom is 0.0534 e. The van der Waals surface area contributed by atoms with Crippen LogP contribution in [0.1, 0.15) is 38.8 Å². The highest BCUT2D eigenvalue weighted by Gasteiger charge is 2.00. The Kier molecular flexibility index (Phi) is 3.96. The van der Waals surface area contributed by atoms with Crippen molar-refractivity contribution in [2.75, 3.05) is 6.54 Å². The summed E-state index contributed by atoms with van der Waals surface area (Å²) in [4.78, 5) is 0. The molecular formula is C10H19N3. The summed E-state index contributed by atoms with van der Waals surface area (Å²) in [5, 5.41) is 7.62. The van der Waals surface area contributed by atoms with Gasteiger partial charge in [-0.25, -0.2) is 0 Å². The Morgan fingerprint density at radius 1 is 1.54 bits per heavy atom. The van der Waals surface area contributed by atoms with Crippen molar-refractivity contribution in [3.05, 3.63) is 18.0 Å². The summed E-state index contributed by atoms with van der Waals surface area (Å²) < 4.78 is 1.99. The maximum absolute atomic E-state index is 4.27. The fourth-order valence-corrected chi connectivity index (χ4v) is 1.16. The summed E-state index contributed by atoms with van der Waals surface area (Å²) in [5.41, 5.74) is 1.27. The van der Waals surface area contributed by atoms with Crippen LogP contribution in [0.15, 0.2) is 12.4 Å². The van der Waals surface area contributed by atoms with Crippen LogP contribution in [0.5, 0.6) is 0 Å². The van der Waals surface area contributed by atoms with Crippen molar-refractivity contribution < 1.29 is 0 Å². The second-order valence-electron chi connectivity index (χ2n) is 3.60. The summed E-state index contributed by atoms with van der Waals surface area (Å²) in [7, 11) is 0. The highest BCUT2D eigenvalue weighted by molar-refractivity contribution is 5.03. The van der Waals surface area contributed by atoms with Gasteiger partial charge in [-0.05, 0) is 26.8 Å². The largest absolute Gasteiger partial charge is 0.313 e. The van der Waals surface area contributed by atoms with Gasteiger partial charge in [0.1, 0.15) is 0 Å². The minimum atomic E-state index is 0.458. The number of nitrogens with zero attached hydrogens (tertiary/aromatic N) is 2. The van der Waals surface area contributed by atoms with Crippen LogP contribution in [-0.2, 0) is 6.54 Å². The fraction of sp³-hybridized carbons (Fsp3) is 0.700. The number of nitrogens with one attached hydrogen (secondary N) is 1. The van der Waals surface area contributed by atoms with Gasteiger partial charge in [0, 0.05) is 24.3 Å². The second-order valence-corrected chi connectivity index (χ2v) is 3.60. The smallest absolute Gasteiger partial charge is 0.0534 e. The topological polar surface area (TPSA) is 29.9 Å². The monoisotopic (exact) mass is 181 g/mol. The van der Waals surface area contributed by atoms with Crippen LogP contribution in [0.25, 0.3) is 0 Å². The van der Waals surface area contributed by atoms with Gasteiger partial charge in [-0.3, -0.25) is 4.68 Å². The third-order valence-electron chi connectivity index (χ3n) is 1.94. The molecule has 0 aliphatic carbocycles. The molecule has 0 fully saturated rings. The fourth-order valence-electron chi connectivity index (χ4n) is 1.16. The van der Waals surface area contributed by atoms with Crippen molar-refractivity contribution in [3.8, 4) is 0 Å². The Balaban J connectivity index is 2.40. The molecule has 0 aromatic carbocycles. The standard InChI is InChI=1S/C10H19N3/c1-4-5-11-6-10-7-12-13(8-10)9(2)3/h7-9,11H,4-6H2,1-3H3. The van der Waals surface area contributed by atoms with Crippen molar-refractivity contribution in [3.63, 3.8) is 0 Å². The van der Waals surface area contributed by atoms with E-state index in [4.69, 9.17) is 0 Å². The summed E-state index contributed by atoms with van der Waals surface area (Å²) in [6, 6.07) is 0.458. The quantitative estimate of drug-likeness (QED) is 0.704. The average Bonchev–Trinajstić information content (AvgIpc) is 2.53. The Morgan fingerprint density at radius 2 is 2.31 bits per heavy atom. The molecule has 1 aromatic heterocycles. The van der Waals surface area contributed by atoms with E-state index in [1.165, 1.54) is 12.0 Å². The molecule has 0 saturated carbocycles. The van der Waals surface area contributed by atoms with Crippen LogP contribution in [0.2, 0.25) is 0 Å². The molecule has 3 nitrogen and oxygen atoms in total. The molecule has 0 saturated heterocycles. The number of rotatable bonds is 5. The molecule has 1 aromatic rings. The van der Waals surface area contributed by atoms with Gasteiger partial charge in [-0.2, -0.15) is 5.10 Å². The predicted molar refractivity (Wildman–Crippen MR) is 54.6 cm³/mol. The van der Waals surface area contributed by atoms with Crippen molar-refractivity contribution in [2.45, 2.75) is 39.8 Å². The molecule has 0 aliphatic rings. The lowest BCUT2D eigenvalue weighted by atomic mass is 10.3. The van der Waals surface area contributed by atoms with Crippen LogP contribution in [0.4, 0.5) is 0 Å². The van der Waals surface area contributed by atoms with Crippen molar-refractivity contribution in [1.29, 1.82) is 0 Å². The van der Waals surface area contributed by atoms with Crippen molar-refractivity contribution in [1.82, 2.24) is 15.1 Å². The van der Waals surface area contributed by atoms with Gasteiger partial charge in [0.2, 0.25) is 0 Å². The lowest BCUT2D eigenvalue weighted by Crippen LogP contribution is -2.13. The van der Waals surface area contributed by atoms with E-state index in [-0.39, 0.29) is 0 Å². The first-order valence-corrected chi connectivity index (χ1v) is 4.97. The second kappa shape index (κ2) is 5.02. The van der Waals surface area contributed by atoms with E-state index < -0.39 is 0 Å². The summed E-state index contributed by atoms with van der Waals surface area (Å²) >= 11 is 0. The maximum atomic E-state index is 4.27. The van der Waals surface area contributed by atoms with Crippen LogP contribution >= 0.6 is 0 Å². The van der Waals surface area contributed by atoms with Crippen LogP contribution < -0.4 is 5.32 Å². The average molecular weight is 181 g/mol. The van der Waals surface area contributed by atoms with Crippen LogP contribution in [0.3, 0.4) is 0 Å². The highest BCUT2D eigenvalue weighted by Crippen LogP contribution is 2.04. The molecule has 0 aliphatic heterocycles. The molecule has 1 rings (SSSR count). The lowest BCUT2D eigenvalue weighted by Gasteiger charge is -2.03. The summed E-state index contributed by atoms with van der Waals surface area (Å²) in [6.07, 6.45) is 5.22. The van der Waals surface area contributed by atoms with E-state index in [1.807, 2.05) is 10.9 Å². The number of hydrogen-bond acceptors (Lipinski definition) is 2. The van der Waals surface area contributed by atoms with Gasteiger partial charge in [0.25, 0.3) is 0 Å². The minimum absolute atomic E-state index is 0.458. The molecule has 0 radical (unpaired) electrons. The van der Waals surface area contributed by atoms with Crippen molar-refractivity contribution >= 4 is 0 Å². The van der Waals surface area contributed by atoms with E-state index in [0.29, 0.717) is 6.04 Å². The molecule has 1 N–H and O–H groups in total. The number of aromatic nitrogens is 2. The SMILES string of the molecule is CCCNCc1cnn(C(C)C)c1. The molecule has 13 heavy (non-hydrogen) atoms. The van der Waals surface area contributed by atoms with E-state index in [2.05, 4.69) is 37.4 Å². The van der Waals surface area contributed by atoms with Gasteiger partial charge in [-0.15, -0.1) is 0 Å². The lowest BCUT2D eigenvalue weighted by molar-refractivity contribution is 0.531. The molecule has 0 amide bonds. The van der Waals surface area contributed by atoms with E-state index in [9.17, 15) is 0 Å². The molecule has 0 bridgehead atoms. The van der Waals surface area contributed by atoms with Gasteiger partial charge < -0.3 is 5.32 Å². The first-order valence-electron chi connectivity index (χ1n) is 4.97. The third-order valence-corrected chi connectivity index (χ3v) is 1.94. The molecule has 3 heteroatoms. The molecule has 0 atom stereocenters. The van der Waals surface area contributed by atoms with E-state index >= 15 is 0 Å². The zero-order valence-electron chi connectivity index (χ0n) is 8.75. The van der Waals surface area contributed by atoms with Gasteiger partial charge >= 0.3 is 0 Å². The zero-order valence-corrected chi connectivity index (χ0v) is 8.75. The molecule has 0 spiro atoms. The predicted octanol–water partition coefficient (Wildman–Crippen LogP) is 1.96. The molecule has 1 heterocycles. The van der Waals surface area contributed by atoms with Crippen LogP contribution in [0, 0.1) is 0 Å². The zero-order chi connectivity index (χ0) is 9.68. The third kappa shape index (κ3) is 3.19. The Bertz CT molecular complexity index is 240. The summed E-state index contributed by atoms with van der Waals surface area (Å²) in [6.45, 7) is 8.45. The molecule has 0 unspecified atom stereocenters. The molecule has 74 valence electrons. The normalized spacial score (nSPS) is 11.1. The Hall–Kier alpha value is -0.830. The Morgan fingerprint density at radius 3 is 2.85 bits per heavy atom. The summed E-state index contributed by atoms with van der Waals surface area (Å²) in [5.74, 6) is 0. The van der Waals surface area contributed by atoms with Gasteiger partial charge in [0.05, 0.1) is 6.20 Å². The highest BCUT2D eigenvalue weighted by atomic mass is 15.3. The van der Waals surface area contributed by atoms with Gasteiger partial charge in [-0.1, -0.05) is 6.92 Å². The minimum Gasteiger partial charge on any atom is -0.313 e. The number of hydrogen-bond donors (Lipinski definition) is 1. The van der Waals surface area contributed by atoms with Crippen LogP contribution in [-0.4, -0.2) is 16.3 Å². The molecular weight excluding hydrogens is 162 g/mol. The van der Waals surface area contributed by atoms with Gasteiger partial charge in [0.15, 0.2) is 0 Å². The van der Waals surface area contributed by atoms with E-state index in [1.54, 1.807) is 0 Å².